The highest BCUT2D eigenvalue weighted by Crippen LogP contribution is 2.19. The Balaban J connectivity index is 1.45. The standard InChI is InChI=1S/C22H18ClN7O2/c23-16-9-10-18(24-12-16)28-21(31)15-7-4-8-17(11-15)27-22(32)29-19(20-25-13-26-30-20)14-5-2-1-3-6-14/h1-13,19H,(H,24,28,31)(H,25,26,30)(H2,27,29,32). The lowest BCUT2D eigenvalue weighted by molar-refractivity contribution is 0.102. The van der Waals surface area contributed by atoms with E-state index in [1.54, 1.807) is 36.4 Å². The molecule has 4 aromatic rings. The molecule has 0 spiro atoms. The molecule has 2 aromatic carbocycles. The molecule has 1 unspecified atom stereocenters. The van der Waals surface area contributed by atoms with E-state index in [4.69, 9.17) is 11.6 Å². The SMILES string of the molecule is O=C(Nc1cccc(C(=O)Nc2ccc(Cl)cn2)c1)NC(c1ccccc1)c1ncn[nH]1. The lowest BCUT2D eigenvalue weighted by atomic mass is 10.1. The molecular weight excluding hydrogens is 430 g/mol. The molecule has 160 valence electrons. The van der Waals surface area contributed by atoms with Gasteiger partial charge >= 0.3 is 6.03 Å². The van der Waals surface area contributed by atoms with E-state index in [-0.39, 0.29) is 5.91 Å². The number of rotatable bonds is 6. The predicted molar refractivity (Wildman–Crippen MR) is 120 cm³/mol. The number of nitrogens with one attached hydrogen (secondary N) is 4. The Morgan fingerprint density at radius 1 is 0.938 bits per heavy atom. The van der Waals surface area contributed by atoms with Gasteiger partial charge in [0.2, 0.25) is 0 Å². The van der Waals surface area contributed by atoms with Crippen LogP contribution in [0.25, 0.3) is 0 Å². The monoisotopic (exact) mass is 447 g/mol. The number of aromatic amines is 1. The van der Waals surface area contributed by atoms with E-state index in [1.165, 1.54) is 12.5 Å². The Labute approximate surface area is 188 Å². The topological polar surface area (TPSA) is 125 Å². The molecule has 0 saturated carbocycles. The summed E-state index contributed by atoms with van der Waals surface area (Å²) in [5.74, 6) is 0.496. The fourth-order valence-corrected chi connectivity index (χ4v) is 3.10. The van der Waals surface area contributed by atoms with E-state index in [0.29, 0.717) is 27.9 Å². The van der Waals surface area contributed by atoms with Crippen molar-refractivity contribution in [3.05, 3.63) is 101 Å². The molecule has 32 heavy (non-hydrogen) atoms. The second-order valence-corrected chi connectivity index (χ2v) is 7.15. The minimum Gasteiger partial charge on any atom is -0.324 e. The van der Waals surface area contributed by atoms with E-state index < -0.39 is 12.1 Å². The summed E-state index contributed by atoms with van der Waals surface area (Å²) < 4.78 is 0. The third-order valence-electron chi connectivity index (χ3n) is 4.47. The summed E-state index contributed by atoms with van der Waals surface area (Å²) in [6.07, 6.45) is 2.82. The van der Waals surface area contributed by atoms with Gasteiger partial charge in [0.25, 0.3) is 5.91 Å². The van der Waals surface area contributed by atoms with Gasteiger partial charge in [-0.15, -0.1) is 0 Å². The lowest BCUT2D eigenvalue weighted by Gasteiger charge is -2.17. The first kappa shape index (κ1) is 21.0. The van der Waals surface area contributed by atoms with Crippen molar-refractivity contribution in [2.45, 2.75) is 6.04 Å². The van der Waals surface area contributed by atoms with Gasteiger partial charge in [-0.1, -0.05) is 48.0 Å². The first-order chi connectivity index (χ1) is 15.6. The lowest BCUT2D eigenvalue weighted by Crippen LogP contribution is -2.33. The van der Waals surface area contributed by atoms with Crippen molar-refractivity contribution < 1.29 is 9.59 Å². The van der Waals surface area contributed by atoms with Crippen molar-refractivity contribution in [2.24, 2.45) is 0 Å². The van der Waals surface area contributed by atoms with Gasteiger partial charge in [0.15, 0.2) is 5.82 Å². The molecule has 9 nitrogen and oxygen atoms in total. The van der Waals surface area contributed by atoms with E-state index in [1.807, 2.05) is 30.3 Å². The van der Waals surface area contributed by atoms with Crippen LogP contribution in [0.1, 0.15) is 27.8 Å². The summed E-state index contributed by atoms with van der Waals surface area (Å²) in [5.41, 5.74) is 1.64. The molecule has 4 N–H and O–H groups in total. The van der Waals surface area contributed by atoms with Crippen LogP contribution in [0.5, 0.6) is 0 Å². The first-order valence-electron chi connectivity index (χ1n) is 9.59. The van der Waals surface area contributed by atoms with Crippen LogP contribution in [0, 0.1) is 0 Å². The average molecular weight is 448 g/mol. The van der Waals surface area contributed by atoms with Gasteiger partial charge in [-0.25, -0.2) is 14.8 Å². The van der Waals surface area contributed by atoms with Crippen molar-refractivity contribution in [1.29, 1.82) is 0 Å². The highest BCUT2D eigenvalue weighted by Gasteiger charge is 2.19. The second-order valence-electron chi connectivity index (χ2n) is 6.71. The predicted octanol–water partition coefficient (Wildman–Crippen LogP) is 4.02. The van der Waals surface area contributed by atoms with Crippen molar-refractivity contribution in [3.8, 4) is 0 Å². The number of halogens is 1. The number of anilines is 2. The van der Waals surface area contributed by atoms with Crippen molar-refractivity contribution in [3.63, 3.8) is 0 Å². The highest BCUT2D eigenvalue weighted by atomic mass is 35.5. The number of benzene rings is 2. The number of urea groups is 1. The first-order valence-corrected chi connectivity index (χ1v) is 9.97. The van der Waals surface area contributed by atoms with Gasteiger partial charge < -0.3 is 16.0 Å². The molecule has 1 atom stereocenters. The van der Waals surface area contributed by atoms with Crippen LogP contribution in [-0.2, 0) is 0 Å². The third-order valence-corrected chi connectivity index (χ3v) is 4.69. The molecule has 0 aliphatic heterocycles. The van der Waals surface area contributed by atoms with Crippen molar-refractivity contribution >= 4 is 35.0 Å². The molecule has 0 aliphatic rings. The van der Waals surface area contributed by atoms with Gasteiger partial charge in [0.1, 0.15) is 18.2 Å². The molecule has 2 aromatic heterocycles. The Morgan fingerprint density at radius 3 is 2.50 bits per heavy atom. The van der Waals surface area contributed by atoms with Gasteiger partial charge in [-0.3, -0.25) is 9.89 Å². The van der Waals surface area contributed by atoms with Crippen LogP contribution < -0.4 is 16.0 Å². The van der Waals surface area contributed by atoms with Crippen LogP contribution in [0.2, 0.25) is 5.02 Å². The zero-order valence-corrected chi connectivity index (χ0v) is 17.4. The maximum absolute atomic E-state index is 12.7. The summed E-state index contributed by atoms with van der Waals surface area (Å²) >= 11 is 5.81. The third kappa shape index (κ3) is 5.27. The largest absolute Gasteiger partial charge is 0.324 e. The number of pyridine rings is 1. The number of H-pyrrole nitrogens is 1. The van der Waals surface area contributed by atoms with E-state index >= 15 is 0 Å². The minimum atomic E-state index is -0.527. The number of aromatic nitrogens is 4. The molecular formula is C22H18ClN7O2. The zero-order chi connectivity index (χ0) is 22.3. The van der Waals surface area contributed by atoms with Crippen LogP contribution in [0.4, 0.5) is 16.3 Å². The van der Waals surface area contributed by atoms with Crippen LogP contribution in [0.15, 0.2) is 79.3 Å². The Kier molecular flexibility index (Phi) is 6.38. The van der Waals surface area contributed by atoms with E-state index in [2.05, 4.69) is 36.1 Å². The Bertz CT molecular complexity index is 1200. The summed E-state index contributed by atoms with van der Waals surface area (Å²) in [4.78, 5) is 33.4. The summed E-state index contributed by atoms with van der Waals surface area (Å²) in [6.45, 7) is 0. The van der Waals surface area contributed by atoms with E-state index in [0.717, 1.165) is 5.56 Å². The maximum atomic E-state index is 12.7. The van der Waals surface area contributed by atoms with Crippen LogP contribution in [0.3, 0.4) is 0 Å². The summed E-state index contributed by atoms with van der Waals surface area (Å²) in [5, 5.41) is 15.4. The number of carbonyl (C=O) groups is 2. The molecule has 10 heteroatoms. The number of carbonyl (C=O) groups excluding carboxylic acids is 2. The van der Waals surface area contributed by atoms with Crippen LogP contribution in [-0.4, -0.2) is 32.1 Å². The van der Waals surface area contributed by atoms with E-state index in [9.17, 15) is 9.59 Å². The molecule has 0 aliphatic carbocycles. The van der Waals surface area contributed by atoms with Gasteiger partial charge in [-0.05, 0) is 35.9 Å². The van der Waals surface area contributed by atoms with Gasteiger partial charge in [0, 0.05) is 17.4 Å². The van der Waals surface area contributed by atoms with Crippen LogP contribution >= 0.6 is 11.6 Å². The quantitative estimate of drug-likeness (QED) is 0.355. The smallest absolute Gasteiger partial charge is 0.320 e. The molecule has 0 saturated heterocycles. The summed E-state index contributed by atoms with van der Waals surface area (Å²) in [6, 6.07) is 18.2. The fourth-order valence-electron chi connectivity index (χ4n) is 2.98. The number of amides is 3. The molecule has 0 radical (unpaired) electrons. The number of hydrogen-bond acceptors (Lipinski definition) is 5. The van der Waals surface area contributed by atoms with Crippen molar-refractivity contribution in [2.75, 3.05) is 10.6 Å². The number of hydrogen-bond donors (Lipinski definition) is 4. The second kappa shape index (κ2) is 9.71. The molecule has 3 amide bonds. The highest BCUT2D eigenvalue weighted by molar-refractivity contribution is 6.30. The number of nitrogens with zero attached hydrogens (tertiary/aromatic N) is 3. The Hall–Kier alpha value is -4.24. The fraction of sp³-hybridized carbons (Fsp3) is 0.0455. The molecule has 2 heterocycles. The van der Waals surface area contributed by atoms with Gasteiger partial charge in [-0.2, -0.15) is 5.10 Å². The zero-order valence-electron chi connectivity index (χ0n) is 16.6. The Morgan fingerprint density at radius 2 is 1.78 bits per heavy atom. The minimum absolute atomic E-state index is 0.356. The normalized spacial score (nSPS) is 11.4. The molecule has 4 rings (SSSR count). The van der Waals surface area contributed by atoms with Crippen molar-refractivity contribution in [1.82, 2.24) is 25.5 Å². The molecule has 0 fully saturated rings. The molecule has 0 bridgehead atoms. The van der Waals surface area contributed by atoms with Gasteiger partial charge in [0.05, 0.1) is 5.02 Å². The maximum Gasteiger partial charge on any atom is 0.320 e. The average Bonchev–Trinajstić information content (AvgIpc) is 3.34. The summed E-state index contributed by atoms with van der Waals surface area (Å²) in [7, 11) is 0.